The summed E-state index contributed by atoms with van der Waals surface area (Å²) in [6.45, 7) is 4.60. The molecule has 384 valence electrons. The van der Waals surface area contributed by atoms with Crippen molar-refractivity contribution < 1.29 is 38.2 Å². The standard InChI is InChI=1S/C59H101NO7/c1-6-8-10-12-14-16-18-20-22-24-26-28-30-32-34-36-38-40-42-44-46-48-50-58(62)67-55(53-65-52-51-56(59(63)64)60(3,4)5)54-66-57(61)49-47-45-43-41-39-37-35-33-31-29-27-25-23-21-19-17-15-13-11-9-7-2/h8,10,14,16,20,22,26,28-29,31-32,34,38,40,55-56H,6-7,9,11-13,15,17-19,21,23-25,27,30,33,35-37,39,41-54H2,1-5H3/p+1/b10-8+,16-14+,22-20+,28-26+,31-29+,34-32+,40-38+. The minimum Gasteiger partial charge on any atom is -0.477 e. The molecule has 0 saturated carbocycles. The van der Waals surface area contributed by atoms with Crippen LogP contribution in [-0.2, 0) is 28.6 Å². The molecular weight excluding hydrogens is 835 g/mol. The smallest absolute Gasteiger partial charge is 0.362 e. The summed E-state index contributed by atoms with van der Waals surface area (Å²) in [5.41, 5.74) is 0. The van der Waals surface area contributed by atoms with Gasteiger partial charge in [0.15, 0.2) is 12.1 Å². The van der Waals surface area contributed by atoms with Crippen molar-refractivity contribution in [2.24, 2.45) is 0 Å². The molecule has 0 aliphatic rings. The second kappa shape index (κ2) is 48.9. The Morgan fingerprint density at radius 3 is 1.27 bits per heavy atom. The molecule has 1 N–H and O–H groups in total. The first-order valence-corrected chi connectivity index (χ1v) is 27.1. The molecule has 0 heterocycles. The number of hydrogen-bond acceptors (Lipinski definition) is 6. The Morgan fingerprint density at radius 1 is 0.463 bits per heavy atom. The van der Waals surface area contributed by atoms with E-state index in [-0.39, 0.29) is 42.7 Å². The van der Waals surface area contributed by atoms with Crippen LogP contribution in [0, 0.1) is 0 Å². The molecule has 0 aromatic carbocycles. The monoisotopic (exact) mass is 937 g/mol. The van der Waals surface area contributed by atoms with Crippen LogP contribution in [0.25, 0.3) is 0 Å². The Labute approximate surface area is 412 Å². The normalized spacial score (nSPS) is 13.5. The fourth-order valence-corrected chi connectivity index (χ4v) is 7.62. The minimum absolute atomic E-state index is 0.0420. The Bertz CT molecular complexity index is 1370. The summed E-state index contributed by atoms with van der Waals surface area (Å²) < 4.78 is 17.3. The number of quaternary nitrogens is 1. The van der Waals surface area contributed by atoms with Crippen molar-refractivity contribution in [2.75, 3.05) is 41.0 Å². The van der Waals surface area contributed by atoms with Crippen LogP contribution in [0.1, 0.15) is 219 Å². The van der Waals surface area contributed by atoms with Gasteiger partial charge in [0.25, 0.3) is 0 Å². The lowest BCUT2D eigenvalue weighted by molar-refractivity contribution is -0.887. The van der Waals surface area contributed by atoms with Crippen LogP contribution >= 0.6 is 0 Å². The van der Waals surface area contributed by atoms with Gasteiger partial charge in [-0.15, -0.1) is 0 Å². The second-order valence-corrected chi connectivity index (χ2v) is 19.1. The number of esters is 2. The lowest BCUT2D eigenvalue weighted by Gasteiger charge is -2.31. The number of rotatable bonds is 48. The highest BCUT2D eigenvalue weighted by Crippen LogP contribution is 2.15. The molecule has 67 heavy (non-hydrogen) atoms. The van der Waals surface area contributed by atoms with E-state index in [1.807, 2.05) is 21.1 Å². The van der Waals surface area contributed by atoms with E-state index in [9.17, 15) is 19.5 Å². The third-order valence-corrected chi connectivity index (χ3v) is 11.8. The molecule has 0 aromatic rings. The van der Waals surface area contributed by atoms with E-state index in [4.69, 9.17) is 14.2 Å². The van der Waals surface area contributed by atoms with Crippen molar-refractivity contribution in [1.29, 1.82) is 0 Å². The predicted molar refractivity (Wildman–Crippen MR) is 284 cm³/mol. The van der Waals surface area contributed by atoms with Gasteiger partial charge in [0.2, 0.25) is 0 Å². The fourth-order valence-electron chi connectivity index (χ4n) is 7.62. The molecule has 0 amide bonds. The van der Waals surface area contributed by atoms with Crippen molar-refractivity contribution in [3.05, 3.63) is 85.1 Å². The molecule has 2 atom stereocenters. The number of allylic oxidation sites excluding steroid dienone is 14. The van der Waals surface area contributed by atoms with Gasteiger partial charge in [0, 0.05) is 19.3 Å². The van der Waals surface area contributed by atoms with Gasteiger partial charge in [-0.05, 0) is 89.9 Å². The molecule has 0 radical (unpaired) electrons. The number of unbranched alkanes of at least 4 members (excludes halogenated alkanes) is 20. The van der Waals surface area contributed by atoms with Gasteiger partial charge in [-0.25, -0.2) is 4.79 Å². The van der Waals surface area contributed by atoms with Crippen LogP contribution in [0.2, 0.25) is 0 Å². The summed E-state index contributed by atoms with van der Waals surface area (Å²) in [6, 6.07) is -0.627. The Morgan fingerprint density at radius 2 is 0.836 bits per heavy atom. The molecule has 0 rings (SSSR count). The number of carbonyl (C=O) groups is 3. The van der Waals surface area contributed by atoms with E-state index >= 15 is 0 Å². The molecule has 0 aliphatic heterocycles. The maximum Gasteiger partial charge on any atom is 0.362 e. The van der Waals surface area contributed by atoms with E-state index in [0.29, 0.717) is 12.8 Å². The highest BCUT2D eigenvalue weighted by atomic mass is 16.6. The van der Waals surface area contributed by atoms with Crippen LogP contribution in [0.3, 0.4) is 0 Å². The average Bonchev–Trinajstić information content (AvgIpc) is 3.29. The largest absolute Gasteiger partial charge is 0.477 e. The summed E-state index contributed by atoms with van der Waals surface area (Å²) in [7, 11) is 5.52. The lowest BCUT2D eigenvalue weighted by atomic mass is 10.1. The highest BCUT2D eigenvalue weighted by molar-refractivity contribution is 5.72. The molecular formula is C59H102NO7+. The number of carboxylic acid groups (broad SMARTS) is 1. The fraction of sp³-hybridized carbons (Fsp3) is 0.712. The maximum absolute atomic E-state index is 12.8. The number of carbonyl (C=O) groups excluding carboxylic acids is 2. The minimum atomic E-state index is -0.883. The van der Waals surface area contributed by atoms with Crippen molar-refractivity contribution in [1.82, 2.24) is 0 Å². The lowest BCUT2D eigenvalue weighted by Crippen LogP contribution is -2.50. The topological polar surface area (TPSA) is 99.1 Å². The van der Waals surface area contributed by atoms with Crippen LogP contribution in [0.4, 0.5) is 0 Å². The molecule has 8 heteroatoms. The quantitative estimate of drug-likeness (QED) is 0.0281. The van der Waals surface area contributed by atoms with Gasteiger partial charge in [-0.2, -0.15) is 0 Å². The first-order valence-electron chi connectivity index (χ1n) is 27.1. The maximum atomic E-state index is 12.8. The van der Waals surface area contributed by atoms with Crippen molar-refractivity contribution in [3.8, 4) is 0 Å². The van der Waals surface area contributed by atoms with E-state index in [2.05, 4.69) is 98.9 Å². The number of carboxylic acids is 1. The zero-order valence-corrected chi connectivity index (χ0v) is 43.8. The summed E-state index contributed by atoms with van der Waals surface area (Å²) in [5, 5.41) is 9.67. The van der Waals surface area contributed by atoms with Gasteiger partial charge in [0.05, 0.1) is 34.4 Å². The SMILES string of the molecule is CC/C=C/C/C=C/C/C=C/C/C=C/C/C=C/C/C=C/CCCCCC(=O)OC(COCCC(C(=O)O)[N+](C)(C)C)COC(=O)CCCCCCCCC/C=C/CCCCCCCCCCCC. The third-order valence-electron chi connectivity index (χ3n) is 11.8. The van der Waals surface area contributed by atoms with Gasteiger partial charge >= 0.3 is 17.9 Å². The van der Waals surface area contributed by atoms with Crippen molar-refractivity contribution >= 4 is 17.9 Å². The number of nitrogens with zero attached hydrogens (tertiary/aromatic N) is 1. The molecule has 0 aromatic heterocycles. The van der Waals surface area contributed by atoms with Gasteiger partial charge in [0.1, 0.15) is 6.61 Å². The number of aliphatic carboxylic acids is 1. The van der Waals surface area contributed by atoms with Gasteiger partial charge < -0.3 is 23.8 Å². The van der Waals surface area contributed by atoms with Gasteiger partial charge in [-0.1, -0.05) is 195 Å². The Balaban J connectivity index is 4.31. The first-order chi connectivity index (χ1) is 32.6. The van der Waals surface area contributed by atoms with E-state index in [0.717, 1.165) is 83.5 Å². The van der Waals surface area contributed by atoms with Crippen LogP contribution in [0.15, 0.2) is 85.1 Å². The molecule has 0 spiro atoms. The second-order valence-electron chi connectivity index (χ2n) is 19.1. The summed E-state index contributed by atoms with van der Waals surface area (Å²) in [4.78, 5) is 37.2. The van der Waals surface area contributed by atoms with E-state index in [1.54, 1.807) is 0 Å². The van der Waals surface area contributed by atoms with Gasteiger partial charge in [-0.3, -0.25) is 9.59 Å². The summed E-state index contributed by atoms with van der Waals surface area (Å²) in [6.07, 6.45) is 65.0. The number of ether oxygens (including phenoxy) is 3. The number of hydrogen-bond donors (Lipinski definition) is 1. The number of likely N-dealkylation sites (N-methyl/N-ethyl adjacent to an activating group) is 1. The molecule has 0 bridgehead atoms. The Kier molecular flexibility index (Phi) is 46.4. The molecule has 0 fully saturated rings. The molecule has 0 saturated heterocycles. The molecule has 8 nitrogen and oxygen atoms in total. The first kappa shape index (κ1) is 63.5. The van der Waals surface area contributed by atoms with E-state index in [1.165, 1.54) is 103 Å². The summed E-state index contributed by atoms with van der Waals surface area (Å²) >= 11 is 0. The zero-order chi connectivity index (χ0) is 49.2. The predicted octanol–water partition coefficient (Wildman–Crippen LogP) is 16.0. The van der Waals surface area contributed by atoms with Crippen LogP contribution < -0.4 is 0 Å². The van der Waals surface area contributed by atoms with Crippen LogP contribution in [-0.4, -0.2) is 80.6 Å². The van der Waals surface area contributed by atoms with Crippen LogP contribution in [0.5, 0.6) is 0 Å². The highest BCUT2D eigenvalue weighted by Gasteiger charge is 2.31. The molecule has 2 unspecified atom stereocenters. The Hall–Kier alpha value is -3.49. The zero-order valence-electron chi connectivity index (χ0n) is 43.8. The van der Waals surface area contributed by atoms with Crippen molar-refractivity contribution in [2.45, 2.75) is 231 Å². The molecule has 0 aliphatic carbocycles. The summed E-state index contributed by atoms with van der Waals surface area (Å²) in [5.74, 6) is -1.52. The third kappa shape index (κ3) is 47.4. The van der Waals surface area contributed by atoms with E-state index < -0.39 is 18.1 Å². The average molecular weight is 937 g/mol. The van der Waals surface area contributed by atoms with Crippen molar-refractivity contribution in [3.63, 3.8) is 0 Å².